The highest BCUT2D eigenvalue weighted by Gasteiger charge is 2.04. The summed E-state index contributed by atoms with van der Waals surface area (Å²) in [7, 11) is 0. The first-order valence-electron chi connectivity index (χ1n) is 6.98. The van der Waals surface area contributed by atoms with Gasteiger partial charge in [0, 0.05) is 12.1 Å². The van der Waals surface area contributed by atoms with Crippen LogP contribution in [0.25, 0.3) is 0 Å². The van der Waals surface area contributed by atoms with Crippen LogP contribution in [0.4, 0.5) is 10.1 Å². The summed E-state index contributed by atoms with van der Waals surface area (Å²) in [4.78, 5) is 0.223. The molecule has 1 aromatic rings. The van der Waals surface area contributed by atoms with Gasteiger partial charge in [-0.25, -0.2) is 4.39 Å². The Morgan fingerprint density at radius 3 is 2.53 bits per heavy atom. The monoisotopic (exact) mass is 282 g/mol. The van der Waals surface area contributed by atoms with E-state index >= 15 is 0 Å². The van der Waals surface area contributed by atoms with Crippen molar-refractivity contribution in [1.82, 2.24) is 0 Å². The Hall–Kier alpha value is -1.16. The Morgan fingerprint density at radius 1 is 1.21 bits per heavy atom. The van der Waals surface area contributed by atoms with Gasteiger partial charge in [-0.05, 0) is 24.6 Å². The standard InChI is InChI=1S/C15H23FN2S/c1-2-3-4-5-6-7-10-18-14-9-8-12(15(17)19)11-13(14)16/h8-9,11,18H,2-7,10H2,1H3,(H2,17,19). The molecule has 0 heterocycles. The van der Waals surface area contributed by atoms with Crippen molar-refractivity contribution >= 4 is 22.9 Å². The summed E-state index contributed by atoms with van der Waals surface area (Å²) in [5, 5.41) is 3.11. The lowest BCUT2D eigenvalue weighted by molar-refractivity contribution is 0.611. The number of nitrogens with one attached hydrogen (secondary N) is 1. The summed E-state index contributed by atoms with van der Waals surface area (Å²) in [5.41, 5.74) is 6.55. The number of thiocarbonyl (C=S) groups is 1. The second-order valence-electron chi connectivity index (χ2n) is 4.75. The maximum Gasteiger partial charge on any atom is 0.146 e. The number of hydrogen-bond acceptors (Lipinski definition) is 2. The van der Waals surface area contributed by atoms with Crippen molar-refractivity contribution in [3.8, 4) is 0 Å². The van der Waals surface area contributed by atoms with E-state index in [1.54, 1.807) is 12.1 Å². The SMILES string of the molecule is CCCCCCCCNc1ccc(C(N)=S)cc1F. The Bertz CT molecular complexity index is 407. The second-order valence-corrected chi connectivity index (χ2v) is 5.19. The van der Waals surface area contributed by atoms with Crippen LogP contribution >= 0.6 is 12.2 Å². The zero-order valence-electron chi connectivity index (χ0n) is 11.5. The fourth-order valence-corrected chi connectivity index (χ4v) is 2.07. The van der Waals surface area contributed by atoms with Crippen molar-refractivity contribution < 1.29 is 4.39 Å². The first-order valence-corrected chi connectivity index (χ1v) is 7.39. The second kappa shape index (κ2) is 8.86. The van der Waals surface area contributed by atoms with E-state index in [1.165, 1.54) is 38.2 Å². The van der Waals surface area contributed by atoms with E-state index in [-0.39, 0.29) is 10.8 Å². The van der Waals surface area contributed by atoms with Gasteiger partial charge < -0.3 is 11.1 Å². The van der Waals surface area contributed by atoms with Crippen molar-refractivity contribution in [2.75, 3.05) is 11.9 Å². The fourth-order valence-electron chi connectivity index (χ4n) is 1.94. The van der Waals surface area contributed by atoms with Crippen LogP contribution in [-0.4, -0.2) is 11.5 Å². The number of benzene rings is 1. The minimum Gasteiger partial charge on any atom is -0.389 e. The van der Waals surface area contributed by atoms with Crippen molar-refractivity contribution in [2.24, 2.45) is 5.73 Å². The Balaban J connectivity index is 2.28. The van der Waals surface area contributed by atoms with Crippen LogP contribution in [0.5, 0.6) is 0 Å². The molecule has 0 radical (unpaired) electrons. The lowest BCUT2D eigenvalue weighted by atomic mass is 10.1. The van der Waals surface area contributed by atoms with Crippen LogP contribution in [0.15, 0.2) is 18.2 Å². The van der Waals surface area contributed by atoms with E-state index in [4.69, 9.17) is 18.0 Å². The molecule has 0 fully saturated rings. The van der Waals surface area contributed by atoms with Crippen LogP contribution in [0.1, 0.15) is 51.0 Å². The molecule has 106 valence electrons. The average Bonchev–Trinajstić information content (AvgIpc) is 2.39. The maximum atomic E-state index is 13.7. The number of halogens is 1. The molecule has 1 aromatic carbocycles. The van der Waals surface area contributed by atoms with Crippen LogP contribution in [0, 0.1) is 5.82 Å². The first kappa shape index (κ1) is 15.9. The molecule has 0 spiro atoms. The lowest BCUT2D eigenvalue weighted by Gasteiger charge is -2.08. The van der Waals surface area contributed by atoms with Crippen LogP contribution < -0.4 is 11.1 Å². The van der Waals surface area contributed by atoms with Gasteiger partial charge in [-0.1, -0.05) is 51.2 Å². The number of hydrogen-bond donors (Lipinski definition) is 2. The Kier molecular flexibility index (Phi) is 7.41. The van der Waals surface area contributed by atoms with Crippen molar-refractivity contribution in [3.63, 3.8) is 0 Å². The maximum absolute atomic E-state index is 13.7. The molecule has 0 aromatic heterocycles. The van der Waals surface area contributed by atoms with Gasteiger partial charge in [0.05, 0.1) is 5.69 Å². The highest BCUT2D eigenvalue weighted by molar-refractivity contribution is 7.80. The molecule has 19 heavy (non-hydrogen) atoms. The summed E-state index contributed by atoms with van der Waals surface area (Å²) in [6, 6.07) is 4.82. The van der Waals surface area contributed by atoms with E-state index in [0.717, 1.165) is 13.0 Å². The van der Waals surface area contributed by atoms with Crippen molar-refractivity contribution in [1.29, 1.82) is 0 Å². The van der Waals surface area contributed by atoms with Gasteiger partial charge in [0.2, 0.25) is 0 Å². The lowest BCUT2D eigenvalue weighted by Crippen LogP contribution is -2.10. The van der Waals surface area contributed by atoms with E-state index < -0.39 is 0 Å². The molecule has 0 unspecified atom stereocenters. The molecule has 0 amide bonds. The Morgan fingerprint density at radius 2 is 1.89 bits per heavy atom. The normalized spacial score (nSPS) is 10.4. The molecule has 0 aliphatic heterocycles. The summed E-state index contributed by atoms with van der Waals surface area (Å²) in [6.07, 6.45) is 7.40. The smallest absolute Gasteiger partial charge is 0.146 e. The van der Waals surface area contributed by atoms with Gasteiger partial charge >= 0.3 is 0 Å². The minimum atomic E-state index is -0.295. The first-order chi connectivity index (χ1) is 9.15. The third-order valence-electron chi connectivity index (χ3n) is 3.10. The molecule has 0 saturated heterocycles. The molecule has 4 heteroatoms. The number of unbranched alkanes of at least 4 members (excludes halogenated alkanes) is 5. The topological polar surface area (TPSA) is 38.0 Å². The van der Waals surface area contributed by atoms with Crippen LogP contribution in [-0.2, 0) is 0 Å². The number of nitrogens with two attached hydrogens (primary N) is 1. The van der Waals surface area contributed by atoms with E-state index in [2.05, 4.69) is 12.2 Å². The molecular formula is C15H23FN2S. The molecule has 0 aliphatic carbocycles. The van der Waals surface area contributed by atoms with Crippen LogP contribution in [0.3, 0.4) is 0 Å². The molecule has 3 N–H and O–H groups in total. The van der Waals surface area contributed by atoms with Crippen LogP contribution in [0.2, 0.25) is 0 Å². The zero-order chi connectivity index (χ0) is 14.1. The molecule has 0 bridgehead atoms. The number of rotatable bonds is 9. The van der Waals surface area contributed by atoms with Gasteiger partial charge in [0.1, 0.15) is 10.8 Å². The van der Waals surface area contributed by atoms with Gasteiger partial charge in [-0.3, -0.25) is 0 Å². The van der Waals surface area contributed by atoms with E-state index in [1.807, 2.05) is 0 Å². The van der Waals surface area contributed by atoms with Gasteiger partial charge in [0.15, 0.2) is 0 Å². The molecule has 1 rings (SSSR count). The highest BCUT2D eigenvalue weighted by atomic mass is 32.1. The minimum absolute atomic E-state index is 0.223. The van der Waals surface area contributed by atoms with E-state index in [9.17, 15) is 4.39 Å². The average molecular weight is 282 g/mol. The van der Waals surface area contributed by atoms with Crippen molar-refractivity contribution in [2.45, 2.75) is 45.4 Å². The summed E-state index contributed by atoms with van der Waals surface area (Å²) >= 11 is 4.81. The predicted molar refractivity (Wildman–Crippen MR) is 84.2 cm³/mol. The molecular weight excluding hydrogens is 259 g/mol. The Labute approximate surface area is 120 Å². The van der Waals surface area contributed by atoms with E-state index in [0.29, 0.717) is 11.3 Å². The summed E-state index contributed by atoms with van der Waals surface area (Å²) in [5.74, 6) is -0.295. The summed E-state index contributed by atoms with van der Waals surface area (Å²) < 4.78 is 13.7. The van der Waals surface area contributed by atoms with Gasteiger partial charge in [-0.15, -0.1) is 0 Å². The molecule has 0 aliphatic rings. The third kappa shape index (κ3) is 6.01. The third-order valence-corrected chi connectivity index (χ3v) is 3.34. The predicted octanol–water partition coefficient (Wildman–Crippen LogP) is 4.23. The van der Waals surface area contributed by atoms with Gasteiger partial charge in [0.25, 0.3) is 0 Å². The molecule has 0 atom stereocenters. The summed E-state index contributed by atoms with van der Waals surface area (Å²) in [6.45, 7) is 3.01. The molecule has 2 nitrogen and oxygen atoms in total. The zero-order valence-corrected chi connectivity index (χ0v) is 12.4. The largest absolute Gasteiger partial charge is 0.389 e. The highest BCUT2D eigenvalue weighted by Crippen LogP contribution is 2.16. The van der Waals surface area contributed by atoms with Crippen molar-refractivity contribution in [3.05, 3.63) is 29.6 Å². The fraction of sp³-hybridized carbons (Fsp3) is 0.533. The number of anilines is 1. The quantitative estimate of drug-likeness (QED) is 0.526. The molecule has 0 saturated carbocycles. The van der Waals surface area contributed by atoms with Gasteiger partial charge in [-0.2, -0.15) is 0 Å².